The van der Waals surface area contributed by atoms with Gasteiger partial charge in [-0.25, -0.2) is 0 Å². The van der Waals surface area contributed by atoms with Crippen LogP contribution in [0.4, 0.5) is 5.69 Å². The third-order valence-corrected chi connectivity index (χ3v) is 4.87. The Hall–Kier alpha value is -2.72. The molecule has 0 fully saturated rings. The number of nitrogens with one attached hydrogen (secondary N) is 1. The summed E-state index contributed by atoms with van der Waals surface area (Å²) in [4.78, 5) is 26.0. The number of rotatable bonds is 5. The predicted molar refractivity (Wildman–Crippen MR) is 105 cm³/mol. The van der Waals surface area contributed by atoms with Crippen LogP contribution in [0.3, 0.4) is 0 Å². The second-order valence-electron chi connectivity index (χ2n) is 6.64. The average Bonchev–Trinajstić information content (AvgIpc) is 2.68. The molecule has 0 aromatic heterocycles. The van der Waals surface area contributed by atoms with E-state index in [1.165, 1.54) is 18.1 Å². The number of carbonyl (C=O) groups is 2. The van der Waals surface area contributed by atoms with Crippen LogP contribution >= 0.6 is 0 Å². The van der Waals surface area contributed by atoms with E-state index >= 15 is 0 Å². The highest BCUT2D eigenvalue weighted by Crippen LogP contribution is 2.23. The molecule has 2 aromatic rings. The van der Waals surface area contributed by atoms with Crippen LogP contribution in [0.25, 0.3) is 5.57 Å². The fourth-order valence-electron chi connectivity index (χ4n) is 3.15. The van der Waals surface area contributed by atoms with Gasteiger partial charge in [0, 0.05) is 24.3 Å². The van der Waals surface area contributed by atoms with Crippen molar-refractivity contribution in [2.45, 2.75) is 26.3 Å². The smallest absolute Gasteiger partial charge is 0.241 e. The van der Waals surface area contributed by atoms with Crippen molar-refractivity contribution in [3.63, 3.8) is 0 Å². The average molecular weight is 348 g/mol. The summed E-state index contributed by atoms with van der Waals surface area (Å²) in [5, 5.41) is 2.94. The monoisotopic (exact) mass is 348 g/mol. The second-order valence-corrected chi connectivity index (χ2v) is 6.64. The lowest BCUT2D eigenvalue weighted by molar-refractivity contribution is -0.120. The summed E-state index contributed by atoms with van der Waals surface area (Å²) in [7, 11) is 0. The van der Waals surface area contributed by atoms with Gasteiger partial charge in [-0.3, -0.25) is 14.5 Å². The minimum atomic E-state index is -0.212. The molecule has 1 aliphatic heterocycles. The van der Waals surface area contributed by atoms with Gasteiger partial charge in [0.15, 0.2) is 5.78 Å². The van der Waals surface area contributed by atoms with Crippen molar-refractivity contribution in [3.8, 4) is 0 Å². The molecule has 134 valence electrons. The van der Waals surface area contributed by atoms with Crippen molar-refractivity contribution < 1.29 is 9.59 Å². The van der Waals surface area contributed by atoms with Crippen LogP contribution in [0.15, 0.2) is 60.7 Å². The first-order valence-electron chi connectivity index (χ1n) is 8.95. The van der Waals surface area contributed by atoms with Gasteiger partial charge < -0.3 is 5.32 Å². The lowest BCUT2D eigenvalue weighted by atomic mass is 9.99. The number of carbonyl (C=O) groups excluding carboxylic acids is 2. The standard InChI is InChI=1S/C22H24N2O2/c1-16(22(26)23-21-10-8-18(9-11-21)17(2)25)24-14-12-20(13-15-24)19-6-4-3-5-7-19/h3-12,16H,13-15H2,1-2H3,(H,23,26)/t16-/m0/s1. The summed E-state index contributed by atoms with van der Waals surface area (Å²) in [6.07, 6.45) is 3.15. The molecule has 4 nitrogen and oxygen atoms in total. The zero-order valence-corrected chi connectivity index (χ0v) is 15.2. The summed E-state index contributed by atoms with van der Waals surface area (Å²) < 4.78 is 0. The van der Waals surface area contributed by atoms with Gasteiger partial charge >= 0.3 is 0 Å². The molecule has 1 N–H and O–H groups in total. The van der Waals surface area contributed by atoms with E-state index in [9.17, 15) is 9.59 Å². The van der Waals surface area contributed by atoms with Crippen molar-refractivity contribution in [2.24, 2.45) is 0 Å². The SMILES string of the molecule is CC(=O)c1ccc(NC(=O)[C@H](C)N2CC=C(c3ccccc3)CC2)cc1. The highest BCUT2D eigenvalue weighted by atomic mass is 16.2. The molecular weight excluding hydrogens is 324 g/mol. The number of hydrogen-bond acceptors (Lipinski definition) is 3. The van der Waals surface area contributed by atoms with E-state index < -0.39 is 0 Å². The maximum absolute atomic E-state index is 12.5. The summed E-state index contributed by atoms with van der Waals surface area (Å²) in [6, 6.07) is 17.2. The van der Waals surface area contributed by atoms with Crippen LogP contribution in [-0.4, -0.2) is 35.7 Å². The second kappa shape index (κ2) is 8.11. The molecule has 2 aromatic carbocycles. The fraction of sp³-hybridized carbons (Fsp3) is 0.273. The fourth-order valence-corrected chi connectivity index (χ4v) is 3.15. The Bertz CT molecular complexity index is 810. The van der Waals surface area contributed by atoms with Crippen LogP contribution < -0.4 is 5.32 Å². The van der Waals surface area contributed by atoms with Crippen molar-refractivity contribution in [1.29, 1.82) is 0 Å². The van der Waals surface area contributed by atoms with Gasteiger partial charge in [-0.2, -0.15) is 0 Å². The van der Waals surface area contributed by atoms with Crippen LogP contribution in [-0.2, 0) is 4.79 Å². The molecule has 1 heterocycles. The lowest BCUT2D eigenvalue weighted by Gasteiger charge is -2.31. The maximum atomic E-state index is 12.5. The highest BCUT2D eigenvalue weighted by molar-refractivity contribution is 5.97. The number of amides is 1. The molecule has 0 unspecified atom stereocenters. The van der Waals surface area contributed by atoms with Gasteiger partial charge in [0.1, 0.15) is 0 Å². The number of nitrogens with zero attached hydrogens (tertiary/aromatic N) is 1. The van der Waals surface area contributed by atoms with Crippen molar-refractivity contribution >= 4 is 23.0 Å². The van der Waals surface area contributed by atoms with Gasteiger partial charge in [-0.05, 0) is 55.7 Å². The molecule has 0 aliphatic carbocycles. The normalized spacial score (nSPS) is 15.8. The van der Waals surface area contributed by atoms with Crippen LogP contribution in [0.2, 0.25) is 0 Å². The number of Topliss-reactive ketones (excluding diaryl/α,β-unsaturated/α-hetero) is 1. The van der Waals surface area contributed by atoms with Crippen LogP contribution in [0.5, 0.6) is 0 Å². The minimum absolute atomic E-state index is 0.0190. The summed E-state index contributed by atoms with van der Waals surface area (Å²) >= 11 is 0. The number of hydrogen-bond donors (Lipinski definition) is 1. The Morgan fingerprint density at radius 3 is 2.31 bits per heavy atom. The molecule has 1 amide bonds. The molecular formula is C22H24N2O2. The Labute approximate surface area is 154 Å². The molecule has 0 bridgehead atoms. The lowest BCUT2D eigenvalue weighted by Crippen LogP contribution is -2.44. The third-order valence-electron chi connectivity index (χ3n) is 4.87. The van der Waals surface area contributed by atoms with Crippen LogP contribution in [0.1, 0.15) is 36.2 Å². The van der Waals surface area contributed by atoms with Gasteiger partial charge in [0.25, 0.3) is 0 Å². The van der Waals surface area contributed by atoms with Gasteiger partial charge in [-0.1, -0.05) is 36.4 Å². The maximum Gasteiger partial charge on any atom is 0.241 e. The van der Waals surface area contributed by atoms with E-state index in [1.54, 1.807) is 24.3 Å². The van der Waals surface area contributed by atoms with E-state index in [0.29, 0.717) is 11.3 Å². The Kier molecular flexibility index (Phi) is 5.64. The Morgan fingerprint density at radius 2 is 1.73 bits per heavy atom. The van der Waals surface area contributed by atoms with Gasteiger partial charge in [0.2, 0.25) is 5.91 Å². The largest absolute Gasteiger partial charge is 0.325 e. The molecule has 0 spiro atoms. The number of benzene rings is 2. The molecule has 0 saturated carbocycles. The van der Waals surface area contributed by atoms with Crippen molar-refractivity contribution in [3.05, 3.63) is 71.8 Å². The molecule has 1 aliphatic rings. The summed E-state index contributed by atoms with van der Waals surface area (Å²) in [5.41, 5.74) is 3.96. The molecule has 0 radical (unpaired) electrons. The Balaban J connectivity index is 1.59. The van der Waals surface area contributed by atoms with E-state index in [2.05, 4.69) is 40.6 Å². The number of anilines is 1. The molecule has 4 heteroatoms. The Morgan fingerprint density at radius 1 is 1.04 bits per heavy atom. The van der Waals surface area contributed by atoms with Crippen molar-refractivity contribution in [2.75, 3.05) is 18.4 Å². The first kappa shape index (κ1) is 18.1. The van der Waals surface area contributed by atoms with Gasteiger partial charge in [0.05, 0.1) is 6.04 Å². The minimum Gasteiger partial charge on any atom is -0.325 e. The zero-order chi connectivity index (χ0) is 18.5. The molecule has 1 atom stereocenters. The van der Waals surface area contributed by atoms with E-state index in [1.807, 2.05) is 13.0 Å². The van der Waals surface area contributed by atoms with E-state index in [0.717, 1.165) is 19.5 Å². The van der Waals surface area contributed by atoms with E-state index in [4.69, 9.17) is 0 Å². The molecule has 0 saturated heterocycles. The third kappa shape index (κ3) is 4.27. The summed E-state index contributed by atoms with van der Waals surface area (Å²) in [6.45, 7) is 5.09. The first-order chi connectivity index (χ1) is 12.5. The summed E-state index contributed by atoms with van der Waals surface area (Å²) in [5.74, 6) is -0.0114. The van der Waals surface area contributed by atoms with Gasteiger partial charge in [-0.15, -0.1) is 0 Å². The zero-order valence-electron chi connectivity index (χ0n) is 15.2. The van der Waals surface area contributed by atoms with E-state index in [-0.39, 0.29) is 17.7 Å². The number of ketones is 1. The van der Waals surface area contributed by atoms with Crippen molar-refractivity contribution in [1.82, 2.24) is 4.90 Å². The quantitative estimate of drug-likeness (QED) is 0.831. The topological polar surface area (TPSA) is 49.4 Å². The molecule has 26 heavy (non-hydrogen) atoms. The first-order valence-corrected chi connectivity index (χ1v) is 8.95. The predicted octanol–water partition coefficient (Wildman–Crippen LogP) is 4.01. The molecule has 3 rings (SSSR count). The van der Waals surface area contributed by atoms with Crippen LogP contribution in [0, 0.1) is 0 Å². The highest BCUT2D eigenvalue weighted by Gasteiger charge is 2.23.